The molecule has 1 atom stereocenters. The number of ether oxygens (including phenoxy) is 1. The van der Waals surface area contributed by atoms with Gasteiger partial charge in [-0.25, -0.2) is 4.68 Å². The predicted octanol–water partition coefficient (Wildman–Crippen LogP) is 3.79. The summed E-state index contributed by atoms with van der Waals surface area (Å²) >= 11 is 0. The molecule has 0 radical (unpaired) electrons. The lowest BCUT2D eigenvalue weighted by Gasteiger charge is -2.40. The SMILES string of the molecule is COc1ccc([C@H](c2nnnn2C(C)C)N2CCN(c3cccc(C)c3C)CC2)cc1. The Balaban J connectivity index is 1.62. The second-order valence-electron chi connectivity index (χ2n) is 8.49. The Bertz CT molecular complexity index is 1010. The molecule has 2 heterocycles. The van der Waals surface area contributed by atoms with Crippen LogP contribution in [0.5, 0.6) is 5.75 Å². The molecule has 0 N–H and O–H groups in total. The van der Waals surface area contributed by atoms with Crippen LogP contribution in [-0.4, -0.2) is 58.4 Å². The van der Waals surface area contributed by atoms with Crippen molar-refractivity contribution in [3.05, 3.63) is 65.0 Å². The van der Waals surface area contributed by atoms with E-state index in [9.17, 15) is 0 Å². The number of methoxy groups -OCH3 is 1. The van der Waals surface area contributed by atoms with Crippen molar-refractivity contribution in [3.63, 3.8) is 0 Å². The molecule has 3 aromatic rings. The van der Waals surface area contributed by atoms with Crippen LogP contribution >= 0.6 is 0 Å². The molecule has 1 aliphatic rings. The van der Waals surface area contributed by atoms with Crippen molar-refractivity contribution in [2.75, 3.05) is 38.2 Å². The van der Waals surface area contributed by atoms with Crippen LogP contribution in [0, 0.1) is 13.8 Å². The molecule has 4 rings (SSSR count). The lowest BCUT2D eigenvalue weighted by atomic mass is 10.0. The molecular formula is C24H32N6O. The van der Waals surface area contributed by atoms with Gasteiger partial charge in [0.15, 0.2) is 5.82 Å². The first kappa shape index (κ1) is 21.3. The quantitative estimate of drug-likeness (QED) is 0.605. The zero-order valence-corrected chi connectivity index (χ0v) is 19.1. The first-order valence-corrected chi connectivity index (χ1v) is 11.0. The van der Waals surface area contributed by atoms with Gasteiger partial charge in [0, 0.05) is 31.9 Å². The summed E-state index contributed by atoms with van der Waals surface area (Å²) in [4.78, 5) is 4.99. The summed E-state index contributed by atoms with van der Waals surface area (Å²) in [6, 6.07) is 15.0. The summed E-state index contributed by atoms with van der Waals surface area (Å²) in [6.07, 6.45) is 0. The van der Waals surface area contributed by atoms with Gasteiger partial charge in [-0.3, -0.25) is 4.90 Å². The molecule has 1 aliphatic heterocycles. The molecule has 0 bridgehead atoms. The van der Waals surface area contributed by atoms with Gasteiger partial charge in [0.2, 0.25) is 0 Å². The van der Waals surface area contributed by atoms with E-state index >= 15 is 0 Å². The Hall–Kier alpha value is -2.93. The summed E-state index contributed by atoms with van der Waals surface area (Å²) in [5.41, 5.74) is 5.23. The van der Waals surface area contributed by atoms with Crippen molar-refractivity contribution < 1.29 is 4.74 Å². The lowest BCUT2D eigenvalue weighted by molar-refractivity contribution is 0.199. The van der Waals surface area contributed by atoms with Gasteiger partial charge in [-0.2, -0.15) is 0 Å². The maximum atomic E-state index is 5.37. The van der Waals surface area contributed by atoms with Gasteiger partial charge in [-0.1, -0.05) is 24.3 Å². The van der Waals surface area contributed by atoms with Crippen LogP contribution in [-0.2, 0) is 0 Å². The smallest absolute Gasteiger partial charge is 0.173 e. The van der Waals surface area contributed by atoms with Crippen molar-refractivity contribution in [1.82, 2.24) is 25.1 Å². The maximum Gasteiger partial charge on any atom is 0.173 e. The van der Waals surface area contributed by atoms with E-state index in [0.29, 0.717) is 0 Å². The number of piperazine rings is 1. The molecule has 164 valence electrons. The second-order valence-corrected chi connectivity index (χ2v) is 8.49. The Labute approximate surface area is 184 Å². The van der Waals surface area contributed by atoms with Crippen LogP contribution in [0.3, 0.4) is 0 Å². The van der Waals surface area contributed by atoms with Gasteiger partial charge >= 0.3 is 0 Å². The predicted molar refractivity (Wildman–Crippen MR) is 123 cm³/mol. The summed E-state index contributed by atoms with van der Waals surface area (Å²) in [5.74, 6) is 1.74. The molecule has 0 unspecified atom stereocenters. The Kier molecular flexibility index (Phi) is 6.23. The molecule has 1 aromatic heterocycles. The van der Waals surface area contributed by atoms with E-state index in [4.69, 9.17) is 4.74 Å². The number of tetrazole rings is 1. The zero-order valence-electron chi connectivity index (χ0n) is 19.1. The number of nitrogens with zero attached hydrogens (tertiary/aromatic N) is 6. The van der Waals surface area contributed by atoms with Crippen molar-refractivity contribution >= 4 is 5.69 Å². The molecule has 1 saturated heterocycles. The summed E-state index contributed by atoms with van der Waals surface area (Å²) in [6.45, 7) is 12.5. The standard InChI is InChI=1S/C24H32N6O/c1-17(2)30-24(25-26-27-30)23(20-9-11-21(31-5)12-10-20)29-15-13-28(14-16-29)22-8-6-7-18(3)19(22)4/h6-12,17,23H,13-16H2,1-5H3/t23-/m1/s1. The van der Waals surface area contributed by atoms with E-state index < -0.39 is 0 Å². The monoisotopic (exact) mass is 420 g/mol. The number of hydrogen-bond acceptors (Lipinski definition) is 6. The van der Waals surface area contributed by atoms with Crippen LogP contribution in [0.25, 0.3) is 0 Å². The first-order valence-electron chi connectivity index (χ1n) is 11.0. The third-order valence-corrected chi connectivity index (χ3v) is 6.28. The van der Waals surface area contributed by atoms with Gasteiger partial charge in [-0.15, -0.1) is 5.10 Å². The minimum Gasteiger partial charge on any atom is -0.497 e. The van der Waals surface area contributed by atoms with Crippen LogP contribution in [0.2, 0.25) is 0 Å². The topological polar surface area (TPSA) is 59.3 Å². The Morgan fingerprint density at radius 1 is 0.935 bits per heavy atom. The summed E-state index contributed by atoms with van der Waals surface area (Å²) in [5, 5.41) is 12.7. The van der Waals surface area contributed by atoms with Gasteiger partial charge in [-0.05, 0) is 73.0 Å². The van der Waals surface area contributed by atoms with Crippen LogP contribution in [0.15, 0.2) is 42.5 Å². The number of aryl methyl sites for hydroxylation is 1. The molecule has 0 amide bonds. The number of hydrogen-bond donors (Lipinski definition) is 0. The fourth-order valence-electron chi connectivity index (χ4n) is 4.36. The Morgan fingerprint density at radius 2 is 1.65 bits per heavy atom. The number of aromatic nitrogens is 4. The zero-order chi connectivity index (χ0) is 22.0. The van der Waals surface area contributed by atoms with Crippen molar-refractivity contribution in [1.29, 1.82) is 0 Å². The van der Waals surface area contributed by atoms with Gasteiger partial charge in [0.05, 0.1) is 19.2 Å². The maximum absolute atomic E-state index is 5.37. The fraction of sp³-hybridized carbons (Fsp3) is 0.458. The van der Waals surface area contributed by atoms with E-state index in [-0.39, 0.29) is 12.1 Å². The Morgan fingerprint density at radius 3 is 2.29 bits per heavy atom. The molecule has 0 aliphatic carbocycles. The average molecular weight is 421 g/mol. The third-order valence-electron chi connectivity index (χ3n) is 6.28. The molecule has 2 aromatic carbocycles. The third kappa shape index (κ3) is 4.28. The lowest BCUT2D eigenvalue weighted by Crippen LogP contribution is -2.48. The van der Waals surface area contributed by atoms with Crippen LogP contribution < -0.4 is 9.64 Å². The van der Waals surface area contributed by atoms with Crippen molar-refractivity contribution in [3.8, 4) is 5.75 Å². The van der Waals surface area contributed by atoms with Crippen LogP contribution in [0.1, 0.15) is 48.4 Å². The van der Waals surface area contributed by atoms with Crippen molar-refractivity contribution in [2.24, 2.45) is 0 Å². The summed E-state index contributed by atoms with van der Waals surface area (Å²) in [7, 11) is 1.69. The minimum atomic E-state index is 0.00376. The van der Waals surface area contributed by atoms with Crippen LogP contribution in [0.4, 0.5) is 5.69 Å². The number of anilines is 1. The molecule has 31 heavy (non-hydrogen) atoms. The fourth-order valence-corrected chi connectivity index (χ4v) is 4.36. The minimum absolute atomic E-state index is 0.00376. The molecular weight excluding hydrogens is 388 g/mol. The molecule has 7 heteroatoms. The molecule has 0 saturated carbocycles. The van der Waals surface area contributed by atoms with E-state index in [1.54, 1.807) is 7.11 Å². The normalized spacial score (nSPS) is 16.0. The number of rotatable bonds is 6. The van der Waals surface area contributed by atoms with E-state index in [1.165, 1.54) is 22.4 Å². The van der Waals surface area contributed by atoms with E-state index in [0.717, 1.165) is 37.8 Å². The first-order chi connectivity index (χ1) is 15.0. The molecule has 0 spiro atoms. The highest BCUT2D eigenvalue weighted by Crippen LogP contribution is 2.32. The number of benzene rings is 2. The summed E-state index contributed by atoms with van der Waals surface area (Å²) < 4.78 is 7.30. The largest absolute Gasteiger partial charge is 0.497 e. The van der Waals surface area contributed by atoms with Crippen molar-refractivity contribution in [2.45, 2.75) is 39.8 Å². The average Bonchev–Trinajstić information content (AvgIpc) is 3.27. The highest BCUT2D eigenvalue weighted by Gasteiger charge is 2.31. The van der Waals surface area contributed by atoms with E-state index in [1.807, 2.05) is 16.8 Å². The highest BCUT2D eigenvalue weighted by molar-refractivity contribution is 5.56. The van der Waals surface area contributed by atoms with E-state index in [2.05, 4.69) is 83.4 Å². The molecule has 7 nitrogen and oxygen atoms in total. The van der Waals surface area contributed by atoms with Gasteiger partial charge in [0.25, 0.3) is 0 Å². The second kappa shape index (κ2) is 9.06. The highest BCUT2D eigenvalue weighted by atomic mass is 16.5. The van der Waals surface area contributed by atoms with Gasteiger partial charge in [0.1, 0.15) is 5.75 Å². The molecule has 1 fully saturated rings. The van der Waals surface area contributed by atoms with Gasteiger partial charge < -0.3 is 9.64 Å².